The summed E-state index contributed by atoms with van der Waals surface area (Å²) >= 11 is 1.93. The highest BCUT2D eigenvalue weighted by Gasteiger charge is 2.34. The van der Waals surface area contributed by atoms with Crippen molar-refractivity contribution in [2.75, 3.05) is 6.54 Å². The van der Waals surface area contributed by atoms with Gasteiger partial charge in [0.1, 0.15) is 0 Å². The molecule has 0 bridgehead atoms. The predicted molar refractivity (Wildman–Crippen MR) is 51.5 cm³/mol. The van der Waals surface area contributed by atoms with Crippen molar-refractivity contribution >= 4 is 11.3 Å². The first kappa shape index (κ1) is 7.10. The Morgan fingerprint density at radius 2 is 2.33 bits per heavy atom. The third-order valence-electron chi connectivity index (χ3n) is 2.92. The molecule has 0 aromatic carbocycles. The number of hydrogen-bond donors (Lipinski definition) is 1. The van der Waals surface area contributed by atoms with Crippen molar-refractivity contribution in [2.45, 2.75) is 25.3 Å². The van der Waals surface area contributed by atoms with Crippen LogP contribution in [0.5, 0.6) is 0 Å². The standard InChI is InChI=1S/C10H13NS/c1-2-7(1)10-8-4-6-12-9(8)3-5-11-10/h4,6-7,10-11H,1-3,5H2/t10-/m0/s1. The average Bonchev–Trinajstić information content (AvgIpc) is 2.82. The maximum Gasteiger partial charge on any atom is 0.0359 e. The van der Waals surface area contributed by atoms with Crippen LogP contribution in [0, 0.1) is 5.92 Å². The van der Waals surface area contributed by atoms with E-state index in [9.17, 15) is 0 Å². The smallest absolute Gasteiger partial charge is 0.0359 e. The van der Waals surface area contributed by atoms with Gasteiger partial charge in [0.15, 0.2) is 0 Å². The second kappa shape index (κ2) is 2.57. The van der Waals surface area contributed by atoms with E-state index < -0.39 is 0 Å². The number of fused-ring (bicyclic) bond motifs is 1. The first-order valence-electron chi connectivity index (χ1n) is 4.75. The average molecular weight is 179 g/mol. The molecule has 12 heavy (non-hydrogen) atoms. The third-order valence-corrected chi connectivity index (χ3v) is 3.92. The Hall–Kier alpha value is -0.340. The molecule has 1 aliphatic heterocycles. The Labute approximate surface area is 76.8 Å². The summed E-state index contributed by atoms with van der Waals surface area (Å²) in [5.74, 6) is 0.957. The molecule has 0 unspecified atom stereocenters. The molecule has 1 nitrogen and oxygen atoms in total. The number of hydrogen-bond acceptors (Lipinski definition) is 2. The molecule has 0 radical (unpaired) electrons. The zero-order valence-corrected chi connectivity index (χ0v) is 7.86. The van der Waals surface area contributed by atoms with E-state index in [2.05, 4.69) is 16.8 Å². The van der Waals surface area contributed by atoms with Crippen LogP contribution in [0.15, 0.2) is 11.4 Å². The van der Waals surface area contributed by atoms with Crippen LogP contribution in [0.1, 0.15) is 29.3 Å². The molecule has 1 atom stereocenters. The van der Waals surface area contributed by atoms with Gasteiger partial charge in [-0.15, -0.1) is 11.3 Å². The van der Waals surface area contributed by atoms with E-state index >= 15 is 0 Å². The lowest BCUT2D eigenvalue weighted by Gasteiger charge is -2.23. The monoisotopic (exact) mass is 179 g/mol. The number of rotatable bonds is 1. The summed E-state index contributed by atoms with van der Waals surface area (Å²) in [6.07, 6.45) is 4.12. The molecule has 1 fully saturated rings. The highest BCUT2D eigenvalue weighted by Crippen LogP contribution is 2.44. The Morgan fingerprint density at radius 1 is 1.42 bits per heavy atom. The predicted octanol–water partition coefficient (Wildman–Crippen LogP) is 2.34. The largest absolute Gasteiger partial charge is 0.309 e. The second-order valence-electron chi connectivity index (χ2n) is 3.82. The second-order valence-corrected chi connectivity index (χ2v) is 4.82. The lowest BCUT2D eigenvalue weighted by molar-refractivity contribution is 0.462. The van der Waals surface area contributed by atoms with Crippen molar-refractivity contribution in [3.05, 3.63) is 21.9 Å². The molecule has 3 rings (SSSR count). The molecule has 1 saturated carbocycles. The van der Waals surface area contributed by atoms with Gasteiger partial charge in [0.05, 0.1) is 0 Å². The summed E-state index contributed by atoms with van der Waals surface area (Å²) in [4.78, 5) is 1.63. The van der Waals surface area contributed by atoms with Gasteiger partial charge in [-0.2, -0.15) is 0 Å². The van der Waals surface area contributed by atoms with Crippen molar-refractivity contribution in [1.29, 1.82) is 0 Å². The Morgan fingerprint density at radius 3 is 3.17 bits per heavy atom. The normalized spacial score (nSPS) is 28.5. The Kier molecular flexibility index (Phi) is 1.52. The summed E-state index contributed by atoms with van der Waals surface area (Å²) in [6, 6.07) is 3.02. The van der Waals surface area contributed by atoms with Crippen molar-refractivity contribution in [3.63, 3.8) is 0 Å². The van der Waals surface area contributed by atoms with E-state index in [0.717, 1.165) is 5.92 Å². The topological polar surface area (TPSA) is 12.0 Å². The Balaban J connectivity index is 1.97. The highest BCUT2D eigenvalue weighted by atomic mass is 32.1. The maximum absolute atomic E-state index is 3.63. The van der Waals surface area contributed by atoms with E-state index in [4.69, 9.17) is 0 Å². The van der Waals surface area contributed by atoms with E-state index in [0.29, 0.717) is 6.04 Å². The molecule has 2 heterocycles. The SMILES string of the molecule is c1cc2c(s1)CCN[C@H]2C1CC1. The molecule has 1 aliphatic carbocycles. The van der Waals surface area contributed by atoms with E-state index in [1.807, 2.05) is 11.3 Å². The summed E-state index contributed by atoms with van der Waals surface area (Å²) in [5, 5.41) is 5.87. The van der Waals surface area contributed by atoms with Gasteiger partial charge in [0.25, 0.3) is 0 Å². The number of nitrogens with one attached hydrogen (secondary N) is 1. The molecular formula is C10H13NS. The first-order chi connectivity index (χ1) is 5.95. The molecule has 1 aromatic rings. The van der Waals surface area contributed by atoms with Gasteiger partial charge in [-0.05, 0) is 42.2 Å². The van der Waals surface area contributed by atoms with Gasteiger partial charge in [-0.1, -0.05) is 0 Å². The summed E-state index contributed by atoms with van der Waals surface area (Å²) in [5.41, 5.74) is 1.61. The molecule has 0 amide bonds. The number of thiophene rings is 1. The lowest BCUT2D eigenvalue weighted by atomic mass is 9.99. The fourth-order valence-electron chi connectivity index (χ4n) is 2.13. The maximum atomic E-state index is 3.63. The van der Waals surface area contributed by atoms with E-state index in [1.54, 1.807) is 10.4 Å². The summed E-state index contributed by atoms with van der Waals surface area (Å²) in [7, 11) is 0. The van der Waals surface area contributed by atoms with Crippen LogP contribution < -0.4 is 5.32 Å². The molecule has 1 N–H and O–H groups in total. The van der Waals surface area contributed by atoms with Crippen LogP contribution >= 0.6 is 11.3 Å². The minimum absolute atomic E-state index is 0.708. The zero-order valence-electron chi connectivity index (χ0n) is 7.05. The van der Waals surface area contributed by atoms with Gasteiger partial charge in [-0.25, -0.2) is 0 Å². The van der Waals surface area contributed by atoms with Gasteiger partial charge < -0.3 is 5.32 Å². The van der Waals surface area contributed by atoms with Gasteiger partial charge in [0, 0.05) is 17.5 Å². The van der Waals surface area contributed by atoms with E-state index in [1.165, 1.54) is 25.8 Å². The van der Waals surface area contributed by atoms with Crippen LogP contribution in [0.25, 0.3) is 0 Å². The van der Waals surface area contributed by atoms with Crippen LogP contribution in [-0.2, 0) is 6.42 Å². The highest BCUT2D eigenvalue weighted by molar-refractivity contribution is 7.10. The van der Waals surface area contributed by atoms with Crippen LogP contribution in [0.3, 0.4) is 0 Å². The van der Waals surface area contributed by atoms with E-state index in [-0.39, 0.29) is 0 Å². The molecule has 0 spiro atoms. The molecule has 64 valence electrons. The van der Waals surface area contributed by atoms with Gasteiger partial charge >= 0.3 is 0 Å². The third kappa shape index (κ3) is 1.02. The van der Waals surface area contributed by atoms with Crippen molar-refractivity contribution < 1.29 is 0 Å². The fourth-order valence-corrected chi connectivity index (χ4v) is 3.06. The minimum Gasteiger partial charge on any atom is -0.309 e. The van der Waals surface area contributed by atoms with Crippen LogP contribution in [0.4, 0.5) is 0 Å². The molecule has 2 heteroatoms. The van der Waals surface area contributed by atoms with Crippen molar-refractivity contribution in [2.24, 2.45) is 5.92 Å². The molecule has 2 aliphatic rings. The molecule has 0 saturated heterocycles. The van der Waals surface area contributed by atoms with Gasteiger partial charge in [-0.3, -0.25) is 0 Å². The fraction of sp³-hybridized carbons (Fsp3) is 0.600. The molecular weight excluding hydrogens is 166 g/mol. The van der Waals surface area contributed by atoms with Crippen molar-refractivity contribution in [1.82, 2.24) is 5.32 Å². The summed E-state index contributed by atoms with van der Waals surface area (Å²) < 4.78 is 0. The van der Waals surface area contributed by atoms with Crippen molar-refractivity contribution in [3.8, 4) is 0 Å². The molecule has 1 aromatic heterocycles. The quantitative estimate of drug-likeness (QED) is 0.697. The van der Waals surface area contributed by atoms with Crippen LogP contribution in [-0.4, -0.2) is 6.54 Å². The van der Waals surface area contributed by atoms with Crippen LogP contribution in [0.2, 0.25) is 0 Å². The first-order valence-corrected chi connectivity index (χ1v) is 5.63. The van der Waals surface area contributed by atoms with Gasteiger partial charge in [0.2, 0.25) is 0 Å². The Bertz CT molecular complexity index is 288. The lowest BCUT2D eigenvalue weighted by Crippen LogP contribution is -2.29. The minimum atomic E-state index is 0.708. The zero-order chi connectivity index (χ0) is 7.97. The summed E-state index contributed by atoms with van der Waals surface area (Å²) in [6.45, 7) is 1.19.